The number of sulfonamides is 1. The fourth-order valence-corrected chi connectivity index (χ4v) is 3.58. The Bertz CT molecular complexity index is 827. The molecule has 2 aromatic rings. The summed E-state index contributed by atoms with van der Waals surface area (Å²) in [5.41, 5.74) is 0.791. The minimum atomic E-state index is -3.69. The number of rotatable bonds is 8. The molecule has 0 aliphatic carbocycles. The van der Waals surface area contributed by atoms with Gasteiger partial charge in [0.05, 0.1) is 17.1 Å². The van der Waals surface area contributed by atoms with Gasteiger partial charge in [-0.25, -0.2) is 17.1 Å². The molecule has 0 atom stereocenters. The van der Waals surface area contributed by atoms with Crippen LogP contribution in [-0.4, -0.2) is 49.2 Å². The van der Waals surface area contributed by atoms with Crippen molar-refractivity contribution >= 4 is 15.9 Å². The van der Waals surface area contributed by atoms with Gasteiger partial charge in [-0.3, -0.25) is 9.78 Å². The summed E-state index contributed by atoms with van der Waals surface area (Å²) in [5, 5.41) is 0. The molecule has 1 heterocycles. The monoisotopic (exact) mass is 379 g/mol. The standard InChI is InChI=1S/C18H22FN3O3S/c1-21(14-16-6-3-4-12-20-16)18(23)7-5-13-22(2)26(24,25)17-10-8-15(19)9-11-17/h3-4,6,8-12H,5,7,13-14H2,1-2H3. The fraction of sp³-hybridized carbons (Fsp3) is 0.333. The second-order valence-electron chi connectivity index (χ2n) is 5.95. The number of halogens is 1. The van der Waals surface area contributed by atoms with Crippen molar-refractivity contribution in [2.24, 2.45) is 0 Å². The van der Waals surface area contributed by atoms with E-state index in [1.54, 1.807) is 18.1 Å². The van der Waals surface area contributed by atoms with E-state index in [0.717, 1.165) is 17.8 Å². The number of carbonyl (C=O) groups excluding carboxylic acids is 1. The molecule has 2 rings (SSSR count). The Morgan fingerprint density at radius 2 is 1.81 bits per heavy atom. The summed E-state index contributed by atoms with van der Waals surface area (Å²) in [7, 11) is -0.555. The third kappa shape index (κ3) is 5.34. The lowest BCUT2D eigenvalue weighted by Gasteiger charge is -2.19. The lowest BCUT2D eigenvalue weighted by atomic mass is 10.2. The Hall–Kier alpha value is -2.32. The lowest BCUT2D eigenvalue weighted by molar-refractivity contribution is -0.130. The van der Waals surface area contributed by atoms with Gasteiger partial charge in [-0.1, -0.05) is 6.07 Å². The van der Waals surface area contributed by atoms with E-state index in [1.807, 2.05) is 18.2 Å². The minimum absolute atomic E-state index is 0.0278. The average Bonchev–Trinajstić information content (AvgIpc) is 2.62. The number of hydrogen-bond donors (Lipinski definition) is 0. The van der Waals surface area contributed by atoms with E-state index >= 15 is 0 Å². The van der Waals surface area contributed by atoms with E-state index in [9.17, 15) is 17.6 Å². The summed E-state index contributed by atoms with van der Waals surface area (Å²) in [6, 6.07) is 10.2. The van der Waals surface area contributed by atoms with Gasteiger partial charge in [0, 0.05) is 33.3 Å². The predicted octanol–water partition coefficient (Wildman–Crippen LogP) is 2.28. The second-order valence-corrected chi connectivity index (χ2v) is 8.00. The predicted molar refractivity (Wildman–Crippen MR) is 96.2 cm³/mol. The number of benzene rings is 1. The molecule has 0 spiro atoms. The van der Waals surface area contributed by atoms with Gasteiger partial charge < -0.3 is 4.90 Å². The van der Waals surface area contributed by atoms with Gasteiger partial charge in [-0.15, -0.1) is 0 Å². The first-order valence-corrected chi connectivity index (χ1v) is 9.60. The van der Waals surface area contributed by atoms with Gasteiger partial charge in [-0.2, -0.15) is 0 Å². The highest BCUT2D eigenvalue weighted by molar-refractivity contribution is 7.89. The molecule has 1 aromatic carbocycles. The molecule has 0 saturated carbocycles. The third-order valence-electron chi connectivity index (χ3n) is 3.94. The lowest BCUT2D eigenvalue weighted by Crippen LogP contribution is -2.30. The molecule has 6 nitrogen and oxygen atoms in total. The van der Waals surface area contributed by atoms with Crippen LogP contribution >= 0.6 is 0 Å². The quantitative estimate of drug-likeness (QED) is 0.706. The van der Waals surface area contributed by atoms with Gasteiger partial charge in [0.25, 0.3) is 0 Å². The number of nitrogens with zero attached hydrogens (tertiary/aromatic N) is 3. The molecule has 0 fully saturated rings. The Morgan fingerprint density at radius 1 is 1.12 bits per heavy atom. The van der Waals surface area contributed by atoms with E-state index in [4.69, 9.17) is 0 Å². The van der Waals surface area contributed by atoms with Crippen LogP contribution in [0.15, 0.2) is 53.6 Å². The largest absolute Gasteiger partial charge is 0.340 e. The SMILES string of the molecule is CN(Cc1ccccn1)C(=O)CCCN(C)S(=O)(=O)c1ccc(F)cc1. The van der Waals surface area contributed by atoms with Crippen LogP contribution in [0.4, 0.5) is 4.39 Å². The van der Waals surface area contributed by atoms with E-state index in [0.29, 0.717) is 13.0 Å². The summed E-state index contributed by atoms with van der Waals surface area (Å²) in [4.78, 5) is 17.9. The van der Waals surface area contributed by atoms with Crippen molar-refractivity contribution in [3.8, 4) is 0 Å². The van der Waals surface area contributed by atoms with Crippen molar-refractivity contribution in [3.63, 3.8) is 0 Å². The topological polar surface area (TPSA) is 70.6 Å². The van der Waals surface area contributed by atoms with E-state index in [1.165, 1.54) is 23.5 Å². The zero-order valence-corrected chi connectivity index (χ0v) is 15.6. The molecule has 26 heavy (non-hydrogen) atoms. The number of pyridine rings is 1. The smallest absolute Gasteiger partial charge is 0.242 e. The number of aromatic nitrogens is 1. The van der Waals surface area contributed by atoms with Crippen LogP contribution in [0, 0.1) is 5.82 Å². The first-order chi connectivity index (χ1) is 12.3. The highest BCUT2D eigenvalue weighted by Crippen LogP contribution is 2.15. The van der Waals surface area contributed by atoms with Crippen LogP contribution in [0.5, 0.6) is 0 Å². The summed E-state index contributed by atoms with van der Waals surface area (Å²) in [6.07, 6.45) is 2.29. The van der Waals surface area contributed by atoms with Crippen molar-refractivity contribution in [1.82, 2.24) is 14.2 Å². The average molecular weight is 379 g/mol. The first-order valence-electron chi connectivity index (χ1n) is 8.16. The zero-order chi connectivity index (χ0) is 19.2. The first kappa shape index (κ1) is 20.0. The highest BCUT2D eigenvalue weighted by Gasteiger charge is 2.21. The molecule has 0 radical (unpaired) electrons. The summed E-state index contributed by atoms with van der Waals surface area (Å²) >= 11 is 0. The Labute approximate surface area is 153 Å². The van der Waals surface area contributed by atoms with Crippen LogP contribution in [-0.2, 0) is 21.4 Å². The van der Waals surface area contributed by atoms with Gasteiger partial charge >= 0.3 is 0 Å². The van der Waals surface area contributed by atoms with Gasteiger partial charge in [0.15, 0.2) is 0 Å². The van der Waals surface area contributed by atoms with Crippen LogP contribution in [0.2, 0.25) is 0 Å². The van der Waals surface area contributed by atoms with Crippen molar-refractivity contribution in [2.45, 2.75) is 24.3 Å². The third-order valence-corrected chi connectivity index (χ3v) is 5.81. The molecule has 0 aliphatic rings. The van der Waals surface area contributed by atoms with Crippen LogP contribution in [0.1, 0.15) is 18.5 Å². The molecule has 140 valence electrons. The van der Waals surface area contributed by atoms with Gasteiger partial charge in [0.1, 0.15) is 5.82 Å². The number of carbonyl (C=O) groups is 1. The van der Waals surface area contributed by atoms with Crippen LogP contribution in [0.3, 0.4) is 0 Å². The molecule has 0 N–H and O–H groups in total. The normalized spacial score (nSPS) is 11.5. The van der Waals surface area contributed by atoms with E-state index in [2.05, 4.69) is 4.98 Å². The zero-order valence-electron chi connectivity index (χ0n) is 14.8. The molecule has 0 aliphatic heterocycles. The maximum atomic E-state index is 12.9. The maximum Gasteiger partial charge on any atom is 0.242 e. The number of hydrogen-bond acceptors (Lipinski definition) is 4. The number of amides is 1. The Balaban J connectivity index is 1.84. The molecule has 1 amide bonds. The Morgan fingerprint density at radius 3 is 2.42 bits per heavy atom. The summed E-state index contributed by atoms with van der Waals surface area (Å²) in [6.45, 7) is 0.603. The van der Waals surface area contributed by atoms with Gasteiger partial charge in [0.2, 0.25) is 15.9 Å². The van der Waals surface area contributed by atoms with Crippen molar-refractivity contribution < 1.29 is 17.6 Å². The molecular weight excluding hydrogens is 357 g/mol. The summed E-state index contributed by atoms with van der Waals surface area (Å²) in [5.74, 6) is -0.573. The van der Waals surface area contributed by atoms with Crippen LogP contribution in [0.25, 0.3) is 0 Å². The van der Waals surface area contributed by atoms with Crippen LogP contribution < -0.4 is 0 Å². The van der Waals surface area contributed by atoms with Crippen molar-refractivity contribution in [2.75, 3.05) is 20.6 Å². The molecule has 0 saturated heterocycles. The molecule has 0 bridgehead atoms. The molecule has 8 heteroatoms. The van der Waals surface area contributed by atoms with Gasteiger partial charge in [-0.05, 0) is 42.8 Å². The van der Waals surface area contributed by atoms with Crippen molar-refractivity contribution in [3.05, 3.63) is 60.2 Å². The second kappa shape index (κ2) is 8.86. The molecule has 0 unspecified atom stereocenters. The van der Waals surface area contributed by atoms with E-state index in [-0.39, 0.29) is 23.8 Å². The summed E-state index contributed by atoms with van der Waals surface area (Å²) < 4.78 is 38.9. The molecular formula is C18H22FN3O3S. The maximum absolute atomic E-state index is 12.9. The Kier molecular flexibility index (Phi) is 6.82. The van der Waals surface area contributed by atoms with E-state index < -0.39 is 15.8 Å². The molecule has 1 aromatic heterocycles. The highest BCUT2D eigenvalue weighted by atomic mass is 32.2. The minimum Gasteiger partial charge on any atom is -0.340 e. The van der Waals surface area contributed by atoms with Crippen molar-refractivity contribution in [1.29, 1.82) is 0 Å². The fourth-order valence-electron chi connectivity index (χ4n) is 2.37.